The van der Waals surface area contributed by atoms with Crippen LogP contribution >= 0.6 is 0 Å². The lowest BCUT2D eigenvalue weighted by Crippen LogP contribution is -2.40. The summed E-state index contributed by atoms with van der Waals surface area (Å²) in [6, 6.07) is 14.5. The topological polar surface area (TPSA) is 77.1 Å². The summed E-state index contributed by atoms with van der Waals surface area (Å²) in [4.78, 5) is 26.2. The molecule has 1 amide bonds. The van der Waals surface area contributed by atoms with Gasteiger partial charge in [-0.2, -0.15) is 0 Å². The second-order valence-electron chi connectivity index (χ2n) is 6.90. The molecule has 0 bridgehead atoms. The number of likely N-dealkylation sites (N-methyl/N-ethyl adjacent to an activating group) is 1. The second kappa shape index (κ2) is 10.6. The molecule has 160 valence electrons. The highest BCUT2D eigenvalue weighted by molar-refractivity contribution is 5.97. The van der Waals surface area contributed by atoms with Crippen molar-refractivity contribution in [2.45, 2.75) is 26.3 Å². The smallest absolute Gasteiger partial charge is 0.323 e. The van der Waals surface area contributed by atoms with Crippen molar-refractivity contribution in [3.05, 3.63) is 59.7 Å². The van der Waals surface area contributed by atoms with Crippen LogP contribution in [0.25, 0.3) is 0 Å². The van der Waals surface area contributed by atoms with Crippen LogP contribution in [-0.2, 0) is 16.0 Å². The van der Waals surface area contributed by atoms with Gasteiger partial charge in [-0.05, 0) is 49.7 Å². The van der Waals surface area contributed by atoms with Gasteiger partial charge in [-0.25, -0.2) is 0 Å². The number of esters is 1. The van der Waals surface area contributed by atoms with E-state index in [-0.39, 0.29) is 24.6 Å². The highest BCUT2D eigenvalue weighted by atomic mass is 16.5. The average molecular weight is 412 g/mol. The lowest BCUT2D eigenvalue weighted by molar-refractivity contribution is -0.145. The molecule has 1 N–H and O–H groups in total. The van der Waals surface area contributed by atoms with Crippen molar-refractivity contribution >= 4 is 11.9 Å². The average Bonchev–Trinajstić information content (AvgIpc) is 2.76. The van der Waals surface area contributed by atoms with Crippen LogP contribution in [0.5, 0.6) is 11.5 Å². The molecule has 3 rings (SSSR count). The van der Waals surface area contributed by atoms with Gasteiger partial charge in [0.15, 0.2) is 6.73 Å². The molecule has 0 aromatic heterocycles. The maximum absolute atomic E-state index is 12.5. The number of benzene rings is 2. The standard InChI is InChI=1S/C23H28N2O5/c1-3-24-20(23(27)28-4-2)15-17-9-11-18(12-10-17)29-14-13-25-16-30-21-8-6-5-7-19(21)22(25)26/h5-12,20,24H,3-4,13-16H2,1-2H3. The zero-order chi connectivity index (χ0) is 21.3. The van der Waals surface area contributed by atoms with Crippen molar-refractivity contribution in [1.82, 2.24) is 10.2 Å². The summed E-state index contributed by atoms with van der Waals surface area (Å²) in [6.07, 6.45) is 0.548. The molecule has 0 fully saturated rings. The molecule has 1 aliphatic rings. The Hall–Kier alpha value is -3.06. The Labute approximate surface area is 176 Å². The molecule has 1 atom stereocenters. The van der Waals surface area contributed by atoms with Crippen LogP contribution in [0.3, 0.4) is 0 Å². The van der Waals surface area contributed by atoms with Crippen LogP contribution < -0.4 is 14.8 Å². The predicted molar refractivity (Wildman–Crippen MR) is 113 cm³/mol. The number of nitrogens with one attached hydrogen (secondary N) is 1. The van der Waals surface area contributed by atoms with Crippen LogP contribution in [0.15, 0.2) is 48.5 Å². The molecule has 0 aliphatic carbocycles. The van der Waals surface area contributed by atoms with E-state index in [0.29, 0.717) is 49.8 Å². The molecule has 7 heteroatoms. The van der Waals surface area contributed by atoms with Gasteiger partial charge in [-0.1, -0.05) is 31.2 Å². The number of fused-ring (bicyclic) bond motifs is 1. The fourth-order valence-electron chi connectivity index (χ4n) is 3.27. The third kappa shape index (κ3) is 5.51. The molecule has 0 saturated heterocycles. The zero-order valence-electron chi connectivity index (χ0n) is 17.4. The molecular formula is C23H28N2O5. The Bertz CT molecular complexity index is 853. The number of hydrogen-bond donors (Lipinski definition) is 1. The summed E-state index contributed by atoms with van der Waals surface area (Å²) in [5.41, 5.74) is 1.59. The normalized spacial score (nSPS) is 13.9. The van der Waals surface area contributed by atoms with Crippen molar-refractivity contribution in [2.75, 3.05) is 33.0 Å². The monoisotopic (exact) mass is 412 g/mol. The number of ether oxygens (including phenoxy) is 3. The molecule has 1 unspecified atom stereocenters. The van der Waals surface area contributed by atoms with Gasteiger partial charge in [0, 0.05) is 0 Å². The fourth-order valence-corrected chi connectivity index (χ4v) is 3.27. The maximum Gasteiger partial charge on any atom is 0.323 e. The van der Waals surface area contributed by atoms with E-state index in [1.165, 1.54) is 0 Å². The Morgan fingerprint density at radius 2 is 1.93 bits per heavy atom. The minimum absolute atomic E-state index is 0.0516. The molecule has 7 nitrogen and oxygen atoms in total. The van der Waals surface area contributed by atoms with Crippen molar-refractivity contribution in [2.24, 2.45) is 0 Å². The van der Waals surface area contributed by atoms with Crippen LogP contribution in [0, 0.1) is 0 Å². The number of amides is 1. The van der Waals surface area contributed by atoms with Gasteiger partial charge < -0.3 is 24.4 Å². The zero-order valence-corrected chi connectivity index (χ0v) is 17.4. The van der Waals surface area contributed by atoms with Crippen LogP contribution in [0.4, 0.5) is 0 Å². The predicted octanol–water partition coefficient (Wildman–Crippen LogP) is 2.64. The summed E-state index contributed by atoms with van der Waals surface area (Å²) in [5.74, 6) is 1.04. The van der Waals surface area contributed by atoms with E-state index in [9.17, 15) is 9.59 Å². The summed E-state index contributed by atoms with van der Waals surface area (Å²) in [5, 5.41) is 3.16. The second-order valence-corrected chi connectivity index (χ2v) is 6.90. The molecule has 2 aromatic carbocycles. The van der Waals surface area contributed by atoms with E-state index in [0.717, 1.165) is 5.56 Å². The van der Waals surface area contributed by atoms with E-state index in [4.69, 9.17) is 14.2 Å². The van der Waals surface area contributed by atoms with E-state index in [1.54, 1.807) is 24.0 Å². The number of hydrogen-bond acceptors (Lipinski definition) is 6. The van der Waals surface area contributed by atoms with E-state index < -0.39 is 0 Å². The largest absolute Gasteiger partial charge is 0.492 e. The van der Waals surface area contributed by atoms with Crippen molar-refractivity contribution in [3.8, 4) is 11.5 Å². The Morgan fingerprint density at radius 3 is 2.67 bits per heavy atom. The van der Waals surface area contributed by atoms with Gasteiger partial charge in [0.05, 0.1) is 18.7 Å². The number of para-hydroxylation sites is 1. The van der Waals surface area contributed by atoms with Crippen molar-refractivity contribution in [3.63, 3.8) is 0 Å². The van der Waals surface area contributed by atoms with Gasteiger partial charge in [0.2, 0.25) is 0 Å². The van der Waals surface area contributed by atoms with E-state index in [1.807, 2.05) is 43.3 Å². The molecule has 0 saturated carbocycles. The quantitative estimate of drug-likeness (QED) is 0.605. The van der Waals surface area contributed by atoms with Gasteiger partial charge >= 0.3 is 5.97 Å². The maximum atomic E-state index is 12.5. The van der Waals surface area contributed by atoms with Crippen molar-refractivity contribution in [1.29, 1.82) is 0 Å². The Kier molecular flexibility index (Phi) is 7.68. The highest BCUT2D eigenvalue weighted by Gasteiger charge is 2.24. The van der Waals surface area contributed by atoms with Crippen LogP contribution in [0.2, 0.25) is 0 Å². The number of carbonyl (C=O) groups excluding carboxylic acids is 2. The van der Waals surface area contributed by atoms with E-state index in [2.05, 4.69) is 5.32 Å². The third-order valence-electron chi connectivity index (χ3n) is 4.80. The fraction of sp³-hybridized carbons (Fsp3) is 0.391. The van der Waals surface area contributed by atoms with Gasteiger partial charge in [-0.3, -0.25) is 9.59 Å². The first-order valence-corrected chi connectivity index (χ1v) is 10.2. The summed E-state index contributed by atoms with van der Waals surface area (Å²) < 4.78 is 16.5. The number of rotatable bonds is 10. The first-order valence-electron chi connectivity index (χ1n) is 10.2. The highest BCUT2D eigenvalue weighted by Crippen LogP contribution is 2.24. The minimum atomic E-state index is -0.366. The van der Waals surface area contributed by atoms with Gasteiger partial charge in [0.25, 0.3) is 5.91 Å². The summed E-state index contributed by atoms with van der Waals surface area (Å²) >= 11 is 0. The summed E-state index contributed by atoms with van der Waals surface area (Å²) in [6.45, 7) is 5.82. The van der Waals surface area contributed by atoms with E-state index >= 15 is 0 Å². The number of nitrogens with zero attached hydrogens (tertiary/aromatic N) is 1. The van der Waals surface area contributed by atoms with Crippen molar-refractivity contribution < 1.29 is 23.8 Å². The van der Waals surface area contributed by atoms with Crippen LogP contribution in [-0.4, -0.2) is 55.9 Å². The summed E-state index contributed by atoms with van der Waals surface area (Å²) in [7, 11) is 0. The molecule has 2 aromatic rings. The van der Waals surface area contributed by atoms with Gasteiger partial charge in [-0.15, -0.1) is 0 Å². The first kappa shape index (κ1) is 21.6. The molecule has 0 radical (unpaired) electrons. The molecular weight excluding hydrogens is 384 g/mol. The molecule has 30 heavy (non-hydrogen) atoms. The Morgan fingerprint density at radius 1 is 1.17 bits per heavy atom. The lowest BCUT2D eigenvalue weighted by Gasteiger charge is -2.28. The van der Waals surface area contributed by atoms with Crippen LogP contribution in [0.1, 0.15) is 29.8 Å². The Balaban J connectivity index is 1.49. The molecule has 1 aliphatic heterocycles. The number of carbonyl (C=O) groups is 2. The van der Waals surface area contributed by atoms with Gasteiger partial charge in [0.1, 0.15) is 24.1 Å². The molecule has 0 spiro atoms. The molecule has 1 heterocycles. The minimum Gasteiger partial charge on any atom is -0.492 e. The third-order valence-corrected chi connectivity index (χ3v) is 4.80. The lowest BCUT2D eigenvalue weighted by atomic mass is 10.1. The first-order chi connectivity index (χ1) is 14.6. The SMILES string of the molecule is CCNC(Cc1ccc(OCCN2COc3ccccc3C2=O)cc1)C(=O)OCC.